The lowest BCUT2D eigenvalue weighted by Crippen LogP contribution is -2.49. The summed E-state index contributed by atoms with van der Waals surface area (Å²) in [5.74, 6) is 0.589. The molecular formula is C35H44N6O6. The summed E-state index contributed by atoms with van der Waals surface area (Å²) in [7, 11) is 2.18. The van der Waals surface area contributed by atoms with Crippen LogP contribution in [0.3, 0.4) is 0 Å². The van der Waals surface area contributed by atoms with Gasteiger partial charge >= 0.3 is 17.5 Å². The SMILES string of the molecule is Cc1cc(CC(OC(=O)N2CCC(n3c(=O)[nH]c4ccccc43)CC2)C(=O)N2CCC(C3CCN(C)CC3)CC2)cc2oc(=O)[nH]c12. The van der Waals surface area contributed by atoms with E-state index < -0.39 is 18.0 Å². The van der Waals surface area contributed by atoms with Gasteiger partial charge in [0, 0.05) is 38.6 Å². The molecule has 7 rings (SSSR count). The lowest BCUT2D eigenvalue weighted by Gasteiger charge is -2.40. The summed E-state index contributed by atoms with van der Waals surface area (Å²) in [4.78, 5) is 63.8. The number of imidazole rings is 1. The monoisotopic (exact) mass is 644 g/mol. The van der Waals surface area contributed by atoms with Gasteiger partial charge in [-0.15, -0.1) is 0 Å². The van der Waals surface area contributed by atoms with Crippen molar-refractivity contribution in [2.24, 2.45) is 11.8 Å². The van der Waals surface area contributed by atoms with Crippen LogP contribution in [0.2, 0.25) is 0 Å². The molecule has 5 heterocycles. The number of para-hydroxylation sites is 2. The number of carbonyl (C=O) groups excluding carboxylic acids is 2. The topological polar surface area (TPSA) is 137 Å². The second kappa shape index (κ2) is 13.1. The molecule has 1 unspecified atom stereocenters. The Morgan fingerprint density at radius 3 is 2.28 bits per heavy atom. The largest absolute Gasteiger partial charge is 0.436 e. The predicted molar refractivity (Wildman–Crippen MR) is 177 cm³/mol. The van der Waals surface area contributed by atoms with Crippen LogP contribution >= 0.6 is 0 Å². The van der Waals surface area contributed by atoms with Crippen LogP contribution in [0.5, 0.6) is 0 Å². The maximum Gasteiger partial charge on any atom is 0.417 e. The zero-order valence-corrected chi connectivity index (χ0v) is 27.2. The molecule has 3 aliphatic heterocycles. The molecule has 3 saturated heterocycles. The van der Waals surface area contributed by atoms with E-state index in [-0.39, 0.29) is 24.1 Å². The first kappa shape index (κ1) is 31.3. The highest BCUT2D eigenvalue weighted by atomic mass is 16.6. The number of likely N-dealkylation sites (tertiary alicyclic amines) is 3. The van der Waals surface area contributed by atoms with Crippen molar-refractivity contribution in [3.63, 3.8) is 0 Å². The molecule has 3 aliphatic rings. The molecule has 2 aromatic carbocycles. The molecule has 12 nitrogen and oxygen atoms in total. The van der Waals surface area contributed by atoms with Crippen LogP contribution < -0.4 is 11.4 Å². The Kier molecular flexibility index (Phi) is 8.69. The molecule has 2 aromatic heterocycles. The number of fused-ring (bicyclic) bond motifs is 2. The third-order valence-corrected chi connectivity index (χ3v) is 10.7. The van der Waals surface area contributed by atoms with Crippen molar-refractivity contribution in [3.05, 3.63) is 68.6 Å². The van der Waals surface area contributed by atoms with Crippen LogP contribution in [0.15, 0.2) is 50.4 Å². The first-order valence-electron chi connectivity index (χ1n) is 17.0. The highest BCUT2D eigenvalue weighted by Crippen LogP contribution is 2.33. The van der Waals surface area contributed by atoms with Gasteiger partial charge in [-0.05, 0) is 107 Å². The number of ether oxygens (including phenoxy) is 1. The molecule has 2 amide bonds. The first-order chi connectivity index (χ1) is 22.7. The molecule has 250 valence electrons. The smallest absolute Gasteiger partial charge is 0.417 e. The molecule has 0 bridgehead atoms. The minimum absolute atomic E-state index is 0.0447. The van der Waals surface area contributed by atoms with Gasteiger partial charge in [0.2, 0.25) is 0 Å². The molecule has 0 radical (unpaired) electrons. The third kappa shape index (κ3) is 6.47. The van der Waals surface area contributed by atoms with Crippen molar-refractivity contribution in [2.45, 2.75) is 64.0 Å². The van der Waals surface area contributed by atoms with Gasteiger partial charge in [0.15, 0.2) is 11.7 Å². The number of aryl methyl sites for hydroxylation is 1. The summed E-state index contributed by atoms with van der Waals surface area (Å²) in [6.45, 7) is 6.26. The highest BCUT2D eigenvalue weighted by Gasteiger charge is 2.36. The van der Waals surface area contributed by atoms with Gasteiger partial charge in [-0.1, -0.05) is 18.2 Å². The molecule has 3 fully saturated rings. The molecule has 4 aromatic rings. The number of H-pyrrole nitrogens is 2. The minimum Gasteiger partial charge on any atom is -0.436 e. The number of carbonyl (C=O) groups is 2. The highest BCUT2D eigenvalue weighted by molar-refractivity contribution is 5.84. The summed E-state index contributed by atoms with van der Waals surface area (Å²) >= 11 is 0. The van der Waals surface area contributed by atoms with E-state index in [1.54, 1.807) is 15.5 Å². The Balaban J connectivity index is 1.05. The fraction of sp³-hybridized carbons (Fsp3) is 0.543. The number of benzene rings is 2. The lowest BCUT2D eigenvalue weighted by atomic mass is 9.79. The van der Waals surface area contributed by atoms with Crippen LogP contribution in [0.25, 0.3) is 22.1 Å². The number of amides is 2. The standard InChI is InChI=1S/C35H44N6O6/c1-22-19-23(20-29-31(22)37-34(44)46-29)21-30(32(42)39-15-9-25(10-16-39)24-7-13-38(2)14-8-24)47-35(45)40-17-11-26(12-18-40)41-28-6-4-3-5-27(28)36-33(41)43/h3-6,19-20,24-26,30H,7-18,21H2,1-2H3,(H,36,43)(H,37,44). The summed E-state index contributed by atoms with van der Waals surface area (Å²) in [5, 5.41) is 0. The normalized spacial score (nSPS) is 19.9. The number of nitrogens with zero attached hydrogens (tertiary/aromatic N) is 4. The Bertz CT molecular complexity index is 1860. The van der Waals surface area contributed by atoms with Gasteiger partial charge in [-0.2, -0.15) is 0 Å². The van der Waals surface area contributed by atoms with Gasteiger partial charge < -0.3 is 28.8 Å². The molecule has 47 heavy (non-hydrogen) atoms. The maximum absolute atomic E-state index is 14.1. The number of oxazole rings is 1. The van der Waals surface area contributed by atoms with Crippen molar-refractivity contribution < 1.29 is 18.7 Å². The summed E-state index contributed by atoms with van der Waals surface area (Å²) in [6.07, 6.45) is 4.16. The van der Waals surface area contributed by atoms with Crippen LogP contribution in [0.4, 0.5) is 4.79 Å². The fourth-order valence-corrected chi connectivity index (χ4v) is 8.04. The number of aromatic amines is 2. The average Bonchev–Trinajstić information content (AvgIpc) is 3.63. The van der Waals surface area contributed by atoms with E-state index in [0.717, 1.165) is 48.1 Å². The van der Waals surface area contributed by atoms with Crippen LogP contribution in [-0.2, 0) is 16.0 Å². The fourth-order valence-electron chi connectivity index (χ4n) is 8.04. The molecule has 1 atom stereocenters. The summed E-state index contributed by atoms with van der Waals surface area (Å²) in [5.41, 5.74) is 4.10. The lowest BCUT2D eigenvalue weighted by molar-refractivity contribution is -0.142. The van der Waals surface area contributed by atoms with Crippen molar-refractivity contribution in [2.75, 3.05) is 46.3 Å². The number of hydrogen-bond donors (Lipinski definition) is 2. The molecule has 0 aliphatic carbocycles. The second-order valence-corrected chi connectivity index (χ2v) is 13.7. The Morgan fingerprint density at radius 2 is 1.55 bits per heavy atom. The van der Waals surface area contributed by atoms with Crippen molar-refractivity contribution in [1.82, 2.24) is 29.2 Å². The van der Waals surface area contributed by atoms with E-state index in [4.69, 9.17) is 9.15 Å². The first-order valence-corrected chi connectivity index (χ1v) is 17.0. The van der Waals surface area contributed by atoms with Crippen LogP contribution in [-0.4, -0.2) is 93.7 Å². The van der Waals surface area contributed by atoms with E-state index in [2.05, 4.69) is 21.9 Å². The van der Waals surface area contributed by atoms with Gasteiger partial charge in [0.25, 0.3) is 5.91 Å². The molecule has 0 spiro atoms. The van der Waals surface area contributed by atoms with E-state index in [1.165, 1.54) is 12.8 Å². The van der Waals surface area contributed by atoms with Crippen LogP contribution in [0.1, 0.15) is 55.7 Å². The van der Waals surface area contributed by atoms with Gasteiger partial charge in [-0.25, -0.2) is 14.4 Å². The Hall–Kier alpha value is -4.32. The van der Waals surface area contributed by atoms with E-state index >= 15 is 0 Å². The number of hydrogen-bond acceptors (Lipinski definition) is 7. The average molecular weight is 645 g/mol. The predicted octanol–water partition coefficient (Wildman–Crippen LogP) is 4.04. The van der Waals surface area contributed by atoms with Gasteiger partial charge in [0.05, 0.1) is 16.6 Å². The third-order valence-electron chi connectivity index (χ3n) is 10.7. The Labute approximate surface area is 272 Å². The molecule has 12 heteroatoms. The number of nitrogens with one attached hydrogen (secondary N) is 2. The van der Waals surface area contributed by atoms with Gasteiger partial charge in [0.1, 0.15) is 0 Å². The van der Waals surface area contributed by atoms with Crippen molar-refractivity contribution in [1.29, 1.82) is 0 Å². The van der Waals surface area contributed by atoms with Gasteiger partial charge in [-0.3, -0.25) is 14.3 Å². The summed E-state index contributed by atoms with van der Waals surface area (Å²) < 4.78 is 13.2. The second-order valence-electron chi connectivity index (χ2n) is 13.7. The van der Waals surface area contributed by atoms with E-state index in [9.17, 15) is 19.2 Å². The number of piperidine rings is 3. The van der Waals surface area contributed by atoms with Crippen molar-refractivity contribution in [3.8, 4) is 0 Å². The van der Waals surface area contributed by atoms with E-state index in [1.807, 2.05) is 42.2 Å². The quantitative estimate of drug-likeness (QED) is 0.323. The molecule has 2 N–H and O–H groups in total. The van der Waals surface area contributed by atoms with Crippen molar-refractivity contribution >= 4 is 34.1 Å². The zero-order valence-electron chi connectivity index (χ0n) is 27.2. The minimum atomic E-state index is -1.01. The van der Waals surface area contributed by atoms with E-state index in [0.29, 0.717) is 62.0 Å². The summed E-state index contributed by atoms with van der Waals surface area (Å²) in [6, 6.07) is 11.2. The zero-order chi connectivity index (χ0) is 32.7. The number of rotatable bonds is 6. The molecular weight excluding hydrogens is 600 g/mol. The maximum atomic E-state index is 14.1. The van der Waals surface area contributed by atoms with Crippen LogP contribution in [0, 0.1) is 18.8 Å². The molecule has 0 saturated carbocycles. The number of aromatic nitrogens is 3. The Morgan fingerprint density at radius 1 is 0.894 bits per heavy atom.